The van der Waals surface area contributed by atoms with Crippen LogP contribution in [0.1, 0.15) is 32.6 Å². The molecule has 0 spiro atoms. The molecule has 1 aromatic carbocycles. The summed E-state index contributed by atoms with van der Waals surface area (Å²) in [5.74, 6) is 0.897. The third-order valence-electron chi connectivity index (χ3n) is 2.56. The van der Waals surface area contributed by atoms with Crippen molar-refractivity contribution < 1.29 is 17.3 Å². The maximum Gasteiger partial charge on any atom is 0.267 e. The Morgan fingerprint density at radius 2 is 1.74 bits per heavy atom. The molecule has 0 aromatic heterocycles. The Hall–Kier alpha value is -1.07. The minimum Gasteiger partial charge on any atom is -0.494 e. The molecule has 19 heavy (non-hydrogen) atoms. The van der Waals surface area contributed by atoms with Crippen LogP contribution in [0.4, 0.5) is 0 Å². The van der Waals surface area contributed by atoms with Gasteiger partial charge in [0.15, 0.2) is 0 Å². The number of hydrogen-bond acceptors (Lipinski definition) is 4. The predicted molar refractivity (Wildman–Crippen MR) is 75.8 cm³/mol. The second-order valence-electron chi connectivity index (χ2n) is 4.31. The van der Waals surface area contributed by atoms with Crippen molar-refractivity contribution in [3.8, 4) is 5.75 Å². The number of rotatable bonds is 10. The Bertz CT molecular complexity index is 428. The monoisotopic (exact) mass is 286 g/mol. The Morgan fingerprint density at radius 3 is 2.42 bits per heavy atom. The van der Waals surface area contributed by atoms with Gasteiger partial charge in [-0.3, -0.25) is 4.18 Å². The highest BCUT2D eigenvalue weighted by molar-refractivity contribution is 7.86. The van der Waals surface area contributed by atoms with E-state index >= 15 is 0 Å². The van der Waals surface area contributed by atoms with Gasteiger partial charge in [-0.15, -0.1) is 0 Å². The van der Waals surface area contributed by atoms with Crippen molar-refractivity contribution in [1.29, 1.82) is 0 Å². The molecule has 0 aliphatic heterocycles. The Morgan fingerprint density at radius 1 is 1.00 bits per heavy atom. The van der Waals surface area contributed by atoms with Gasteiger partial charge in [0, 0.05) is 6.42 Å². The number of unbranched alkanes of at least 4 members (excludes halogenated alkanes) is 2. The highest BCUT2D eigenvalue weighted by Crippen LogP contribution is 2.08. The zero-order valence-electron chi connectivity index (χ0n) is 11.4. The van der Waals surface area contributed by atoms with E-state index < -0.39 is 10.1 Å². The lowest BCUT2D eigenvalue weighted by atomic mass is 10.3. The highest BCUT2D eigenvalue weighted by atomic mass is 32.2. The molecule has 0 saturated carbocycles. The van der Waals surface area contributed by atoms with Crippen LogP contribution >= 0.6 is 0 Å². The fraction of sp³-hybridized carbons (Fsp3) is 0.571. The van der Waals surface area contributed by atoms with Crippen LogP contribution in [0.3, 0.4) is 0 Å². The van der Waals surface area contributed by atoms with Gasteiger partial charge in [0.05, 0.1) is 19.0 Å². The molecule has 0 N–H and O–H groups in total. The minimum absolute atomic E-state index is 0.111. The first kappa shape index (κ1) is 16.0. The molecule has 0 saturated heterocycles. The fourth-order valence-electron chi connectivity index (χ4n) is 1.54. The lowest BCUT2D eigenvalue weighted by Gasteiger charge is -2.07. The van der Waals surface area contributed by atoms with Gasteiger partial charge in [-0.25, -0.2) is 0 Å². The van der Waals surface area contributed by atoms with Gasteiger partial charge in [0.1, 0.15) is 5.75 Å². The molecule has 0 heterocycles. The Kier molecular flexibility index (Phi) is 7.52. The van der Waals surface area contributed by atoms with Gasteiger partial charge in [-0.05, 0) is 18.6 Å². The molecule has 4 nitrogen and oxygen atoms in total. The van der Waals surface area contributed by atoms with Crippen molar-refractivity contribution >= 4 is 10.1 Å². The van der Waals surface area contributed by atoms with E-state index in [0.29, 0.717) is 19.4 Å². The quantitative estimate of drug-likeness (QED) is 0.490. The second-order valence-corrected chi connectivity index (χ2v) is 6.07. The number of ether oxygens (including phenoxy) is 1. The summed E-state index contributed by atoms with van der Waals surface area (Å²) in [5, 5.41) is 0. The van der Waals surface area contributed by atoms with Crippen LogP contribution in [-0.2, 0) is 14.3 Å². The van der Waals surface area contributed by atoms with Gasteiger partial charge in [-0.1, -0.05) is 38.0 Å². The van der Waals surface area contributed by atoms with Crippen LogP contribution in [0.15, 0.2) is 30.3 Å². The summed E-state index contributed by atoms with van der Waals surface area (Å²) in [6, 6.07) is 9.43. The van der Waals surface area contributed by atoms with E-state index in [1.807, 2.05) is 37.3 Å². The van der Waals surface area contributed by atoms with E-state index in [0.717, 1.165) is 18.6 Å². The van der Waals surface area contributed by atoms with Gasteiger partial charge in [-0.2, -0.15) is 8.42 Å². The zero-order valence-corrected chi connectivity index (χ0v) is 12.2. The molecule has 0 atom stereocenters. The number of para-hydroxylation sites is 1. The molecule has 0 radical (unpaired) electrons. The van der Waals surface area contributed by atoms with Crippen LogP contribution in [-0.4, -0.2) is 27.4 Å². The lowest BCUT2D eigenvalue weighted by molar-refractivity contribution is 0.250. The van der Waals surface area contributed by atoms with E-state index in [9.17, 15) is 8.42 Å². The van der Waals surface area contributed by atoms with Crippen molar-refractivity contribution in [3.63, 3.8) is 0 Å². The summed E-state index contributed by atoms with van der Waals surface area (Å²) in [5.41, 5.74) is 0. The SMILES string of the molecule is CCCCCS(=O)(=O)OCCCOc1ccccc1. The van der Waals surface area contributed by atoms with Crippen LogP contribution < -0.4 is 4.74 Å². The Labute approximate surface area is 115 Å². The molecule has 0 bridgehead atoms. The summed E-state index contributed by atoms with van der Waals surface area (Å²) in [6.45, 7) is 2.67. The third-order valence-corrected chi connectivity index (χ3v) is 3.88. The summed E-state index contributed by atoms with van der Waals surface area (Å²) >= 11 is 0. The van der Waals surface area contributed by atoms with E-state index in [-0.39, 0.29) is 12.4 Å². The van der Waals surface area contributed by atoms with Crippen molar-refractivity contribution in [2.24, 2.45) is 0 Å². The second kappa shape index (κ2) is 8.93. The first-order valence-electron chi connectivity index (χ1n) is 6.69. The van der Waals surface area contributed by atoms with E-state index in [1.165, 1.54) is 0 Å². The molecule has 108 valence electrons. The van der Waals surface area contributed by atoms with Crippen LogP contribution in [0.2, 0.25) is 0 Å². The highest BCUT2D eigenvalue weighted by Gasteiger charge is 2.09. The van der Waals surface area contributed by atoms with Crippen molar-refractivity contribution in [1.82, 2.24) is 0 Å². The molecular formula is C14H22O4S. The van der Waals surface area contributed by atoms with Gasteiger partial charge < -0.3 is 4.74 Å². The first-order chi connectivity index (χ1) is 9.14. The van der Waals surface area contributed by atoms with Crippen molar-refractivity contribution in [2.75, 3.05) is 19.0 Å². The van der Waals surface area contributed by atoms with E-state index in [1.54, 1.807) is 0 Å². The van der Waals surface area contributed by atoms with Crippen molar-refractivity contribution in [2.45, 2.75) is 32.6 Å². The molecule has 0 aliphatic carbocycles. The van der Waals surface area contributed by atoms with E-state index in [2.05, 4.69) is 0 Å². The van der Waals surface area contributed by atoms with Gasteiger partial charge in [0.2, 0.25) is 0 Å². The average molecular weight is 286 g/mol. The standard InChI is InChI=1S/C14H22O4S/c1-2-3-7-13-19(15,16)18-12-8-11-17-14-9-5-4-6-10-14/h4-6,9-10H,2-3,7-8,11-13H2,1H3. The fourth-order valence-corrected chi connectivity index (χ4v) is 2.59. The summed E-state index contributed by atoms with van der Waals surface area (Å²) in [6.07, 6.45) is 3.14. The summed E-state index contributed by atoms with van der Waals surface area (Å²) in [7, 11) is -3.35. The smallest absolute Gasteiger partial charge is 0.267 e. The van der Waals surface area contributed by atoms with Crippen LogP contribution in [0.5, 0.6) is 5.75 Å². The molecule has 5 heteroatoms. The van der Waals surface area contributed by atoms with Crippen LogP contribution in [0, 0.1) is 0 Å². The topological polar surface area (TPSA) is 52.6 Å². The van der Waals surface area contributed by atoms with Crippen molar-refractivity contribution in [3.05, 3.63) is 30.3 Å². The van der Waals surface area contributed by atoms with Gasteiger partial charge in [0.25, 0.3) is 10.1 Å². The minimum atomic E-state index is -3.35. The molecule has 0 aliphatic rings. The normalized spacial score (nSPS) is 11.4. The number of hydrogen-bond donors (Lipinski definition) is 0. The molecule has 0 amide bonds. The largest absolute Gasteiger partial charge is 0.494 e. The average Bonchev–Trinajstić information content (AvgIpc) is 2.39. The number of benzene rings is 1. The molecule has 0 fully saturated rings. The Balaban J connectivity index is 2.10. The third kappa shape index (κ3) is 7.85. The molecule has 1 rings (SSSR count). The summed E-state index contributed by atoms with van der Waals surface area (Å²) in [4.78, 5) is 0. The van der Waals surface area contributed by atoms with E-state index in [4.69, 9.17) is 8.92 Å². The van der Waals surface area contributed by atoms with Crippen LogP contribution in [0.25, 0.3) is 0 Å². The summed E-state index contributed by atoms with van der Waals surface area (Å²) < 4.78 is 33.3. The predicted octanol–water partition coefficient (Wildman–Crippen LogP) is 2.99. The lowest BCUT2D eigenvalue weighted by Crippen LogP contribution is -2.13. The molecular weight excluding hydrogens is 264 g/mol. The first-order valence-corrected chi connectivity index (χ1v) is 8.27. The zero-order chi connectivity index (χ0) is 14.0. The molecule has 0 unspecified atom stereocenters. The molecule has 1 aromatic rings. The van der Waals surface area contributed by atoms with Gasteiger partial charge >= 0.3 is 0 Å². The maximum absolute atomic E-state index is 11.5. The maximum atomic E-state index is 11.5.